The van der Waals surface area contributed by atoms with Gasteiger partial charge in [-0.25, -0.2) is 0 Å². The highest BCUT2D eigenvalue weighted by Gasteiger charge is 2.51. The second kappa shape index (κ2) is 10.9. The first-order chi connectivity index (χ1) is 19.0. The third-order valence-corrected chi connectivity index (χ3v) is 7.83. The van der Waals surface area contributed by atoms with Gasteiger partial charge >= 0.3 is 0 Å². The molecule has 0 amide bonds. The summed E-state index contributed by atoms with van der Waals surface area (Å²) < 4.78 is 17.2. The van der Waals surface area contributed by atoms with Crippen molar-refractivity contribution in [1.82, 2.24) is 0 Å². The number of rotatable bonds is 5. The number of aliphatic hydroxyl groups is 8. The predicted octanol–water partition coefficient (Wildman–Crippen LogP) is -2.60. The molecule has 11 unspecified atom stereocenters. The molecule has 0 aromatic heterocycles. The third kappa shape index (κ3) is 4.58. The number of hydrogen-bond donors (Lipinski definition) is 9. The molecule has 13 heteroatoms. The third-order valence-electron chi connectivity index (χ3n) is 7.83. The van der Waals surface area contributed by atoms with Gasteiger partial charge in [-0.15, -0.1) is 0 Å². The molecule has 0 saturated carbocycles. The van der Waals surface area contributed by atoms with Crippen LogP contribution in [0.15, 0.2) is 30.3 Å². The van der Waals surface area contributed by atoms with E-state index >= 15 is 0 Å². The molecule has 2 heterocycles. The molecule has 11 atom stereocenters. The van der Waals surface area contributed by atoms with Crippen molar-refractivity contribution in [3.05, 3.63) is 58.1 Å². The monoisotopic (exact) mass is 564 g/mol. The van der Waals surface area contributed by atoms with Gasteiger partial charge in [0.15, 0.2) is 0 Å². The van der Waals surface area contributed by atoms with Crippen LogP contribution in [-0.2, 0) is 9.47 Å². The fourth-order valence-corrected chi connectivity index (χ4v) is 5.77. The molecule has 2 fully saturated rings. The summed E-state index contributed by atoms with van der Waals surface area (Å²) in [6, 6.07) is 7.39. The number of carbonyl (C=O) groups is 1. The minimum absolute atomic E-state index is 0.0986. The van der Waals surface area contributed by atoms with Crippen molar-refractivity contribution in [1.29, 1.82) is 0 Å². The first kappa shape index (κ1) is 28.8. The number of phenolic OH excluding ortho intramolecular Hbond substituents is 1. The molecule has 0 spiro atoms. The molecule has 2 aromatic rings. The summed E-state index contributed by atoms with van der Waals surface area (Å²) in [6.07, 6.45) is -15.6. The van der Waals surface area contributed by atoms with E-state index in [9.17, 15) is 50.8 Å². The van der Waals surface area contributed by atoms with Crippen LogP contribution in [0.3, 0.4) is 0 Å². The molecular formula is C27H32O13. The number of benzene rings is 2. The molecule has 13 nitrogen and oxygen atoms in total. The lowest BCUT2D eigenvalue weighted by atomic mass is 9.71. The Labute approximate surface area is 228 Å². The second-order valence-electron chi connectivity index (χ2n) is 10.4. The lowest BCUT2D eigenvalue weighted by molar-refractivity contribution is -0.277. The van der Waals surface area contributed by atoms with Gasteiger partial charge in [0.05, 0.1) is 30.4 Å². The summed E-state index contributed by atoms with van der Waals surface area (Å²) in [7, 11) is 0. The Bertz CT molecular complexity index is 1260. The first-order valence-corrected chi connectivity index (χ1v) is 12.8. The standard InChI is InChI=1S/C27H32O13/c1-9-5-11-16(26-24(36)22(34)19(31)14(7-28)38-26)10-3-2-4-12(30)17(10)21(33)18(11)13(6-9)39-27-25(37)23(35)20(32)15(8-29)40-27/h2-6,14-16,19-20,22-32,34-37H,7-8H2,1H3. The van der Waals surface area contributed by atoms with Crippen LogP contribution in [0.1, 0.15) is 38.5 Å². The van der Waals surface area contributed by atoms with Crippen molar-refractivity contribution in [2.75, 3.05) is 13.2 Å². The van der Waals surface area contributed by atoms with E-state index in [-0.39, 0.29) is 33.8 Å². The van der Waals surface area contributed by atoms with Crippen LogP contribution >= 0.6 is 0 Å². The van der Waals surface area contributed by atoms with Crippen molar-refractivity contribution in [3.63, 3.8) is 0 Å². The Hall–Kier alpha value is -2.69. The van der Waals surface area contributed by atoms with Crippen LogP contribution in [0.5, 0.6) is 11.5 Å². The highest BCUT2D eigenvalue weighted by molar-refractivity contribution is 6.16. The molecule has 0 bridgehead atoms. The van der Waals surface area contributed by atoms with Crippen molar-refractivity contribution < 1.29 is 65.0 Å². The number of fused-ring (bicyclic) bond motifs is 2. The van der Waals surface area contributed by atoms with Crippen LogP contribution in [0.4, 0.5) is 0 Å². The lowest BCUT2D eigenvalue weighted by Gasteiger charge is -2.45. The maximum Gasteiger partial charge on any atom is 0.229 e. The van der Waals surface area contributed by atoms with Gasteiger partial charge in [-0.05, 0) is 35.7 Å². The van der Waals surface area contributed by atoms with Crippen LogP contribution < -0.4 is 4.74 Å². The van der Waals surface area contributed by atoms with E-state index in [2.05, 4.69) is 0 Å². The van der Waals surface area contributed by atoms with Gasteiger partial charge in [-0.1, -0.05) is 18.2 Å². The van der Waals surface area contributed by atoms with Crippen molar-refractivity contribution >= 4 is 5.78 Å². The van der Waals surface area contributed by atoms with Crippen molar-refractivity contribution in [3.8, 4) is 11.5 Å². The number of ketones is 1. The van der Waals surface area contributed by atoms with Gasteiger partial charge in [0, 0.05) is 5.92 Å². The molecule has 1 aliphatic carbocycles. The fourth-order valence-electron chi connectivity index (χ4n) is 5.77. The molecule has 5 rings (SSSR count). The first-order valence-electron chi connectivity index (χ1n) is 12.8. The molecule has 2 aromatic carbocycles. The van der Waals surface area contributed by atoms with Gasteiger partial charge in [-0.2, -0.15) is 0 Å². The maximum absolute atomic E-state index is 13.9. The molecule has 40 heavy (non-hydrogen) atoms. The highest BCUT2D eigenvalue weighted by Crippen LogP contribution is 2.48. The number of carbonyl (C=O) groups excluding carboxylic acids is 1. The minimum atomic E-state index is -1.77. The Morgan fingerprint density at radius 1 is 0.775 bits per heavy atom. The largest absolute Gasteiger partial charge is 0.507 e. The molecule has 2 aliphatic heterocycles. The maximum atomic E-state index is 13.9. The van der Waals surface area contributed by atoms with E-state index in [0.29, 0.717) is 5.56 Å². The molecule has 2 saturated heterocycles. The number of hydrogen-bond acceptors (Lipinski definition) is 13. The second-order valence-corrected chi connectivity index (χ2v) is 10.4. The zero-order valence-corrected chi connectivity index (χ0v) is 21.3. The normalized spacial score (nSPS) is 37.5. The summed E-state index contributed by atoms with van der Waals surface area (Å²) in [5.74, 6) is -2.21. The Morgan fingerprint density at radius 2 is 1.40 bits per heavy atom. The molecule has 3 aliphatic rings. The van der Waals surface area contributed by atoms with E-state index in [0.717, 1.165) is 0 Å². The zero-order chi connectivity index (χ0) is 29.0. The van der Waals surface area contributed by atoms with Crippen LogP contribution in [-0.4, -0.2) is 126 Å². The molecule has 218 valence electrons. The average Bonchev–Trinajstić information content (AvgIpc) is 2.92. The number of phenols is 1. The van der Waals surface area contributed by atoms with Crippen molar-refractivity contribution in [2.24, 2.45) is 0 Å². The van der Waals surface area contributed by atoms with Crippen LogP contribution in [0.2, 0.25) is 0 Å². The smallest absolute Gasteiger partial charge is 0.229 e. The number of aryl methyl sites for hydroxylation is 1. The molecule has 0 radical (unpaired) electrons. The van der Waals surface area contributed by atoms with Gasteiger partial charge in [0.1, 0.15) is 60.3 Å². The number of aliphatic hydroxyl groups excluding tert-OH is 8. The quantitative estimate of drug-likeness (QED) is 0.182. The van der Waals surface area contributed by atoms with E-state index in [1.165, 1.54) is 18.2 Å². The summed E-state index contributed by atoms with van der Waals surface area (Å²) in [6.45, 7) is 0.301. The van der Waals surface area contributed by atoms with Gasteiger partial charge in [0.2, 0.25) is 12.1 Å². The summed E-state index contributed by atoms with van der Waals surface area (Å²) in [5, 5.41) is 92.7. The molecule has 9 N–H and O–H groups in total. The number of aromatic hydroxyl groups is 1. The Kier molecular flexibility index (Phi) is 7.89. The summed E-state index contributed by atoms with van der Waals surface area (Å²) in [5.41, 5.74) is 0.820. The predicted molar refractivity (Wildman–Crippen MR) is 133 cm³/mol. The van der Waals surface area contributed by atoms with Crippen LogP contribution in [0, 0.1) is 6.92 Å². The zero-order valence-electron chi connectivity index (χ0n) is 21.3. The summed E-state index contributed by atoms with van der Waals surface area (Å²) >= 11 is 0. The topological polar surface area (TPSA) is 227 Å². The Balaban J connectivity index is 1.65. The number of ether oxygens (including phenoxy) is 3. The molecular weight excluding hydrogens is 532 g/mol. The Morgan fingerprint density at radius 3 is 2.05 bits per heavy atom. The van der Waals surface area contributed by atoms with E-state index < -0.39 is 86.1 Å². The van der Waals surface area contributed by atoms with E-state index in [4.69, 9.17) is 14.2 Å². The lowest BCUT2D eigenvalue weighted by Crippen LogP contribution is -2.60. The van der Waals surface area contributed by atoms with Gasteiger partial charge in [0.25, 0.3) is 0 Å². The minimum Gasteiger partial charge on any atom is -0.507 e. The van der Waals surface area contributed by atoms with E-state index in [1.54, 1.807) is 19.1 Å². The fraction of sp³-hybridized carbons (Fsp3) is 0.519. The van der Waals surface area contributed by atoms with Crippen molar-refractivity contribution in [2.45, 2.75) is 74.1 Å². The van der Waals surface area contributed by atoms with Crippen LogP contribution in [0.25, 0.3) is 0 Å². The van der Waals surface area contributed by atoms with Gasteiger partial charge < -0.3 is 60.2 Å². The SMILES string of the molecule is Cc1cc(OC2OC(CO)C(O)C(O)C2O)c2c(c1)C(C1OC(CO)C(O)C(O)C1O)c1cccc(O)c1C2=O. The highest BCUT2D eigenvalue weighted by atomic mass is 16.7. The average molecular weight is 565 g/mol. The van der Waals surface area contributed by atoms with Gasteiger partial charge in [-0.3, -0.25) is 4.79 Å². The van der Waals surface area contributed by atoms with E-state index in [1.807, 2.05) is 0 Å². The summed E-state index contributed by atoms with van der Waals surface area (Å²) in [4.78, 5) is 13.9.